The molecular weight excluding hydrogens is 310 g/mol. The lowest BCUT2D eigenvalue weighted by Crippen LogP contribution is -2.43. The maximum absolute atomic E-state index is 11.9. The molecule has 132 valence electrons. The number of carbonyl (C=O) groups is 2. The average molecular weight is 335 g/mol. The fourth-order valence-corrected chi connectivity index (χ4v) is 2.84. The molecule has 0 unspecified atom stereocenters. The largest absolute Gasteiger partial charge is 0.493 e. The number of amides is 1. The quantitative estimate of drug-likeness (QED) is 0.774. The highest BCUT2D eigenvalue weighted by molar-refractivity contribution is 5.81. The zero-order valence-corrected chi connectivity index (χ0v) is 14.2. The molecular formula is C18H25NO5. The Morgan fingerprint density at radius 3 is 2.54 bits per heavy atom. The standard InChI is InChI=1S/C18H25NO5/c1-13-7-3-4-8-14(13)19-17(20)11-24-18(21)12-23-16-10-6-5-9-15(16)22-2/h5-6,9-10,13-14H,3-4,7-8,11-12H2,1-2H3,(H,19,20)/t13-,14+/m0/s1. The van der Waals surface area contributed by atoms with Crippen LogP contribution in [0.25, 0.3) is 0 Å². The summed E-state index contributed by atoms with van der Waals surface area (Å²) in [5, 5.41) is 2.94. The number of carbonyl (C=O) groups excluding carboxylic acids is 2. The van der Waals surface area contributed by atoms with Gasteiger partial charge in [0.05, 0.1) is 7.11 Å². The van der Waals surface area contributed by atoms with Crippen molar-refractivity contribution in [1.29, 1.82) is 0 Å². The van der Waals surface area contributed by atoms with Gasteiger partial charge in [-0.1, -0.05) is 31.9 Å². The molecule has 0 spiro atoms. The number of rotatable bonds is 7. The van der Waals surface area contributed by atoms with Gasteiger partial charge in [0, 0.05) is 6.04 Å². The van der Waals surface area contributed by atoms with Crippen molar-refractivity contribution in [2.45, 2.75) is 38.6 Å². The SMILES string of the molecule is COc1ccccc1OCC(=O)OCC(=O)N[C@@H]1CCCC[C@@H]1C. The molecule has 1 amide bonds. The van der Waals surface area contributed by atoms with Gasteiger partial charge in [0.1, 0.15) is 0 Å². The first-order valence-electron chi connectivity index (χ1n) is 8.31. The predicted octanol–water partition coefficient (Wildman–Crippen LogP) is 2.31. The van der Waals surface area contributed by atoms with Crippen molar-refractivity contribution in [3.05, 3.63) is 24.3 Å². The first-order chi connectivity index (χ1) is 11.6. The van der Waals surface area contributed by atoms with E-state index < -0.39 is 5.97 Å². The van der Waals surface area contributed by atoms with Gasteiger partial charge < -0.3 is 19.5 Å². The number of nitrogens with one attached hydrogen (secondary N) is 1. The summed E-state index contributed by atoms with van der Waals surface area (Å²) in [4.78, 5) is 23.6. The minimum atomic E-state index is -0.590. The Hall–Kier alpha value is -2.24. The van der Waals surface area contributed by atoms with Gasteiger partial charge in [-0.2, -0.15) is 0 Å². The number of ether oxygens (including phenoxy) is 3. The molecule has 1 aromatic carbocycles. The van der Waals surface area contributed by atoms with Crippen molar-refractivity contribution >= 4 is 11.9 Å². The normalized spacial score (nSPS) is 20.1. The third-order valence-electron chi connectivity index (χ3n) is 4.24. The smallest absolute Gasteiger partial charge is 0.344 e. The first kappa shape index (κ1) is 18.1. The Balaban J connectivity index is 1.69. The Bertz CT molecular complexity index is 560. The second kappa shape index (κ2) is 9.15. The zero-order valence-electron chi connectivity index (χ0n) is 14.2. The second-order valence-corrected chi connectivity index (χ2v) is 6.04. The van der Waals surface area contributed by atoms with Gasteiger partial charge >= 0.3 is 5.97 Å². The Morgan fingerprint density at radius 1 is 1.12 bits per heavy atom. The Labute approximate surface area is 142 Å². The predicted molar refractivity (Wildman–Crippen MR) is 89.0 cm³/mol. The Kier molecular flexibility index (Phi) is 6.90. The summed E-state index contributed by atoms with van der Waals surface area (Å²) in [7, 11) is 1.52. The lowest BCUT2D eigenvalue weighted by atomic mass is 9.86. The molecule has 0 aromatic heterocycles. The van der Waals surface area contributed by atoms with E-state index in [1.54, 1.807) is 24.3 Å². The molecule has 2 rings (SSSR count). The molecule has 1 aliphatic carbocycles. The molecule has 1 aliphatic rings. The molecule has 0 saturated heterocycles. The van der Waals surface area contributed by atoms with Crippen molar-refractivity contribution < 1.29 is 23.8 Å². The van der Waals surface area contributed by atoms with E-state index in [0.29, 0.717) is 17.4 Å². The summed E-state index contributed by atoms with van der Waals surface area (Å²) >= 11 is 0. The molecule has 0 aliphatic heterocycles. The highest BCUT2D eigenvalue weighted by Crippen LogP contribution is 2.25. The van der Waals surface area contributed by atoms with Crippen molar-refractivity contribution in [2.24, 2.45) is 5.92 Å². The van der Waals surface area contributed by atoms with Gasteiger partial charge in [0.2, 0.25) is 0 Å². The minimum absolute atomic E-state index is 0.176. The van der Waals surface area contributed by atoms with Crippen LogP contribution in [0.15, 0.2) is 24.3 Å². The zero-order chi connectivity index (χ0) is 17.4. The maximum Gasteiger partial charge on any atom is 0.344 e. The summed E-state index contributed by atoms with van der Waals surface area (Å²) in [5.74, 6) is 0.603. The van der Waals surface area contributed by atoms with Gasteiger partial charge in [-0.3, -0.25) is 4.79 Å². The van der Waals surface area contributed by atoms with Crippen molar-refractivity contribution in [1.82, 2.24) is 5.32 Å². The molecule has 1 saturated carbocycles. The van der Waals surface area contributed by atoms with Crippen LogP contribution in [0.3, 0.4) is 0 Å². The lowest BCUT2D eigenvalue weighted by Gasteiger charge is -2.29. The van der Waals surface area contributed by atoms with Crippen LogP contribution in [0, 0.1) is 5.92 Å². The summed E-state index contributed by atoms with van der Waals surface area (Å²) in [5.41, 5.74) is 0. The highest BCUT2D eigenvalue weighted by atomic mass is 16.6. The van der Waals surface area contributed by atoms with E-state index in [9.17, 15) is 9.59 Å². The van der Waals surface area contributed by atoms with E-state index in [4.69, 9.17) is 14.2 Å². The number of hydrogen-bond donors (Lipinski definition) is 1. The monoisotopic (exact) mass is 335 g/mol. The van der Waals surface area contributed by atoms with Crippen LogP contribution in [0.4, 0.5) is 0 Å². The van der Waals surface area contributed by atoms with E-state index in [1.807, 2.05) is 0 Å². The first-order valence-corrected chi connectivity index (χ1v) is 8.31. The van der Waals surface area contributed by atoms with E-state index >= 15 is 0 Å². The van der Waals surface area contributed by atoms with Gasteiger partial charge in [-0.05, 0) is 30.9 Å². The van der Waals surface area contributed by atoms with E-state index in [-0.39, 0.29) is 25.2 Å². The maximum atomic E-state index is 11.9. The third-order valence-corrected chi connectivity index (χ3v) is 4.24. The van der Waals surface area contributed by atoms with Crippen molar-refractivity contribution in [3.8, 4) is 11.5 Å². The van der Waals surface area contributed by atoms with Crippen LogP contribution >= 0.6 is 0 Å². The van der Waals surface area contributed by atoms with E-state index in [2.05, 4.69) is 12.2 Å². The van der Waals surface area contributed by atoms with Gasteiger partial charge in [-0.15, -0.1) is 0 Å². The van der Waals surface area contributed by atoms with Crippen LogP contribution in [0.2, 0.25) is 0 Å². The summed E-state index contributed by atoms with van der Waals surface area (Å²) in [6.45, 7) is 1.59. The fraction of sp³-hybridized carbons (Fsp3) is 0.556. The highest BCUT2D eigenvalue weighted by Gasteiger charge is 2.23. The Morgan fingerprint density at radius 2 is 1.83 bits per heavy atom. The number of methoxy groups -OCH3 is 1. The molecule has 1 N–H and O–H groups in total. The van der Waals surface area contributed by atoms with Gasteiger partial charge in [0.15, 0.2) is 24.7 Å². The van der Waals surface area contributed by atoms with E-state index in [1.165, 1.54) is 13.5 Å². The van der Waals surface area contributed by atoms with E-state index in [0.717, 1.165) is 19.3 Å². The molecule has 1 aromatic rings. The number of hydrogen-bond acceptors (Lipinski definition) is 5. The molecule has 0 heterocycles. The van der Waals surface area contributed by atoms with Crippen LogP contribution in [-0.2, 0) is 14.3 Å². The lowest BCUT2D eigenvalue weighted by molar-refractivity contribution is -0.150. The molecule has 0 bridgehead atoms. The van der Waals surface area contributed by atoms with Crippen LogP contribution in [0.1, 0.15) is 32.6 Å². The molecule has 0 radical (unpaired) electrons. The second-order valence-electron chi connectivity index (χ2n) is 6.04. The minimum Gasteiger partial charge on any atom is -0.493 e. The third kappa shape index (κ3) is 5.44. The number of esters is 1. The van der Waals surface area contributed by atoms with Crippen molar-refractivity contribution in [2.75, 3.05) is 20.3 Å². The van der Waals surface area contributed by atoms with Crippen LogP contribution < -0.4 is 14.8 Å². The number of benzene rings is 1. The summed E-state index contributed by atoms with van der Waals surface area (Å²) < 4.78 is 15.4. The van der Waals surface area contributed by atoms with Gasteiger partial charge in [0.25, 0.3) is 5.91 Å². The summed E-state index contributed by atoms with van der Waals surface area (Å²) in [6.07, 6.45) is 4.44. The topological polar surface area (TPSA) is 73.9 Å². The molecule has 2 atom stereocenters. The number of para-hydroxylation sites is 2. The molecule has 6 nitrogen and oxygen atoms in total. The molecule has 6 heteroatoms. The molecule has 1 fully saturated rings. The molecule has 24 heavy (non-hydrogen) atoms. The fourth-order valence-electron chi connectivity index (χ4n) is 2.84. The van der Waals surface area contributed by atoms with Crippen LogP contribution in [0.5, 0.6) is 11.5 Å². The summed E-state index contributed by atoms with van der Waals surface area (Å²) in [6, 6.07) is 7.19. The van der Waals surface area contributed by atoms with Crippen molar-refractivity contribution in [3.63, 3.8) is 0 Å². The van der Waals surface area contributed by atoms with Gasteiger partial charge in [-0.25, -0.2) is 4.79 Å². The van der Waals surface area contributed by atoms with Crippen LogP contribution in [-0.4, -0.2) is 38.2 Å². The average Bonchev–Trinajstić information content (AvgIpc) is 2.60.